The van der Waals surface area contributed by atoms with Crippen LogP contribution < -0.4 is 10.6 Å². The Morgan fingerprint density at radius 1 is 1.21 bits per heavy atom. The SMILES string of the molecule is CS(=O)(=O)c1ccccc1NCC(=O)NCC(=O)O. The Morgan fingerprint density at radius 3 is 2.42 bits per heavy atom. The topological polar surface area (TPSA) is 113 Å². The van der Waals surface area contributed by atoms with E-state index in [9.17, 15) is 18.0 Å². The molecule has 0 saturated heterocycles. The molecule has 0 saturated carbocycles. The molecule has 0 unspecified atom stereocenters. The number of amides is 1. The van der Waals surface area contributed by atoms with Crippen molar-refractivity contribution in [1.29, 1.82) is 0 Å². The van der Waals surface area contributed by atoms with Gasteiger partial charge in [0.25, 0.3) is 0 Å². The number of nitrogens with one attached hydrogen (secondary N) is 2. The largest absolute Gasteiger partial charge is 0.480 e. The number of rotatable bonds is 6. The molecule has 0 bridgehead atoms. The van der Waals surface area contributed by atoms with Crippen molar-refractivity contribution >= 4 is 27.4 Å². The van der Waals surface area contributed by atoms with Crippen LogP contribution in [0, 0.1) is 0 Å². The van der Waals surface area contributed by atoms with E-state index in [1.54, 1.807) is 12.1 Å². The van der Waals surface area contributed by atoms with Gasteiger partial charge < -0.3 is 15.7 Å². The van der Waals surface area contributed by atoms with Gasteiger partial charge in [0.05, 0.1) is 17.1 Å². The second-order valence-corrected chi connectivity index (χ2v) is 5.78. The third kappa shape index (κ3) is 4.96. The van der Waals surface area contributed by atoms with Crippen LogP contribution in [-0.2, 0) is 19.4 Å². The predicted molar refractivity (Wildman–Crippen MR) is 68.7 cm³/mol. The van der Waals surface area contributed by atoms with Crippen molar-refractivity contribution in [2.45, 2.75) is 4.90 Å². The van der Waals surface area contributed by atoms with Gasteiger partial charge in [0.2, 0.25) is 5.91 Å². The summed E-state index contributed by atoms with van der Waals surface area (Å²) in [6.45, 7) is -0.686. The van der Waals surface area contributed by atoms with E-state index < -0.39 is 28.3 Å². The molecule has 0 aliphatic carbocycles. The molecule has 0 aromatic heterocycles. The van der Waals surface area contributed by atoms with Crippen molar-refractivity contribution in [3.8, 4) is 0 Å². The minimum atomic E-state index is -3.40. The van der Waals surface area contributed by atoms with Crippen molar-refractivity contribution in [3.05, 3.63) is 24.3 Å². The zero-order valence-electron chi connectivity index (χ0n) is 10.2. The molecule has 1 rings (SSSR count). The molecule has 104 valence electrons. The van der Waals surface area contributed by atoms with Gasteiger partial charge in [0.1, 0.15) is 6.54 Å². The van der Waals surface area contributed by atoms with Crippen LogP contribution in [0.25, 0.3) is 0 Å². The Hall–Kier alpha value is -2.09. The monoisotopic (exact) mass is 286 g/mol. The normalized spacial score (nSPS) is 10.8. The molecule has 0 aliphatic heterocycles. The molecule has 0 fully saturated rings. The zero-order chi connectivity index (χ0) is 14.5. The Morgan fingerprint density at radius 2 is 1.84 bits per heavy atom. The van der Waals surface area contributed by atoms with Crippen LogP contribution in [0.2, 0.25) is 0 Å². The first-order chi connectivity index (χ1) is 8.80. The van der Waals surface area contributed by atoms with Gasteiger partial charge in [-0.15, -0.1) is 0 Å². The number of para-hydroxylation sites is 1. The van der Waals surface area contributed by atoms with E-state index in [2.05, 4.69) is 10.6 Å². The van der Waals surface area contributed by atoms with E-state index in [1.807, 2.05) is 0 Å². The second kappa shape index (κ2) is 6.19. The van der Waals surface area contributed by atoms with Crippen molar-refractivity contribution in [1.82, 2.24) is 5.32 Å². The average molecular weight is 286 g/mol. The van der Waals surface area contributed by atoms with Crippen molar-refractivity contribution < 1.29 is 23.1 Å². The van der Waals surface area contributed by atoms with Crippen molar-refractivity contribution in [3.63, 3.8) is 0 Å². The van der Waals surface area contributed by atoms with Gasteiger partial charge in [-0.2, -0.15) is 0 Å². The summed E-state index contributed by atoms with van der Waals surface area (Å²) in [6, 6.07) is 6.16. The second-order valence-electron chi connectivity index (χ2n) is 3.79. The number of carboxylic acids is 1. The molecular weight excluding hydrogens is 272 g/mol. The van der Waals surface area contributed by atoms with Crippen LogP contribution in [0.4, 0.5) is 5.69 Å². The van der Waals surface area contributed by atoms with E-state index in [-0.39, 0.29) is 11.4 Å². The molecule has 19 heavy (non-hydrogen) atoms. The number of anilines is 1. The van der Waals surface area contributed by atoms with E-state index in [1.165, 1.54) is 12.1 Å². The number of hydrogen-bond donors (Lipinski definition) is 3. The molecule has 8 heteroatoms. The van der Waals surface area contributed by atoms with Gasteiger partial charge in [0.15, 0.2) is 9.84 Å². The lowest BCUT2D eigenvalue weighted by molar-refractivity contribution is -0.137. The Bertz CT molecular complexity index is 583. The van der Waals surface area contributed by atoms with E-state index >= 15 is 0 Å². The number of aliphatic carboxylic acids is 1. The van der Waals surface area contributed by atoms with Gasteiger partial charge in [-0.3, -0.25) is 9.59 Å². The minimum absolute atomic E-state index is 0.0843. The molecular formula is C11H14N2O5S. The van der Waals surface area contributed by atoms with Gasteiger partial charge in [-0.25, -0.2) is 8.42 Å². The lowest BCUT2D eigenvalue weighted by atomic mass is 10.3. The minimum Gasteiger partial charge on any atom is -0.480 e. The Labute approximate surface area is 110 Å². The molecule has 3 N–H and O–H groups in total. The first-order valence-corrected chi connectivity index (χ1v) is 7.21. The third-order valence-electron chi connectivity index (χ3n) is 2.16. The highest BCUT2D eigenvalue weighted by Crippen LogP contribution is 2.19. The number of carboxylic acid groups (broad SMARTS) is 1. The quantitative estimate of drug-likeness (QED) is 0.662. The highest BCUT2D eigenvalue weighted by molar-refractivity contribution is 7.90. The fourth-order valence-electron chi connectivity index (χ4n) is 1.35. The molecule has 1 aromatic carbocycles. The number of sulfone groups is 1. The van der Waals surface area contributed by atoms with Gasteiger partial charge in [-0.1, -0.05) is 12.1 Å². The zero-order valence-corrected chi connectivity index (χ0v) is 11.0. The highest BCUT2D eigenvalue weighted by Gasteiger charge is 2.13. The van der Waals surface area contributed by atoms with Crippen LogP contribution in [0.15, 0.2) is 29.2 Å². The fraction of sp³-hybridized carbons (Fsp3) is 0.273. The summed E-state index contributed by atoms with van der Waals surface area (Å²) in [5.41, 5.74) is 0.301. The maximum atomic E-state index is 11.5. The lowest BCUT2D eigenvalue weighted by Gasteiger charge is -2.10. The van der Waals surface area contributed by atoms with Crippen LogP contribution in [0.3, 0.4) is 0 Å². The number of carbonyl (C=O) groups is 2. The predicted octanol–water partition coefficient (Wildman–Crippen LogP) is -0.297. The highest BCUT2D eigenvalue weighted by atomic mass is 32.2. The summed E-state index contributed by atoms with van der Waals surface area (Å²) in [7, 11) is -3.40. The van der Waals surface area contributed by atoms with Crippen molar-refractivity contribution in [2.75, 3.05) is 24.7 Å². The number of carbonyl (C=O) groups excluding carboxylic acids is 1. The van der Waals surface area contributed by atoms with Crippen LogP contribution in [-0.4, -0.2) is 44.7 Å². The van der Waals surface area contributed by atoms with Crippen LogP contribution >= 0.6 is 0 Å². The first-order valence-electron chi connectivity index (χ1n) is 5.32. The summed E-state index contributed by atoms with van der Waals surface area (Å²) in [4.78, 5) is 21.6. The lowest BCUT2D eigenvalue weighted by Crippen LogP contribution is -2.34. The molecule has 1 amide bonds. The van der Waals surface area contributed by atoms with Crippen LogP contribution in [0.5, 0.6) is 0 Å². The average Bonchev–Trinajstić information content (AvgIpc) is 2.33. The molecule has 1 aromatic rings. The summed E-state index contributed by atoms with van der Waals surface area (Å²) in [5, 5.41) is 13.2. The summed E-state index contributed by atoms with van der Waals surface area (Å²) >= 11 is 0. The molecule has 0 radical (unpaired) electrons. The Kier molecular flexibility index (Phi) is 4.87. The molecule has 0 spiro atoms. The maximum absolute atomic E-state index is 11.5. The summed E-state index contributed by atoms with van der Waals surface area (Å²) < 4.78 is 23.0. The molecule has 0 aliphatic rings. The first kappa shape index (κ1) is 15.0. The standard InChI is InChI=1S/C11H14N2O5S/c1-19(17,18)9-5-3-2-4-8(9)12-6-10(14)13-7-11(15)16/h2-5,12H,6-7H2,1H3,(H,13,14)(H,15,16). The third-order valence-corrected chi connectivity index (χ3v) is 3.32. The fourth-order valence-corrected chi connectivity index (χ4v) is 2.21. The molecule has 7 nitrogen and oxygen atoms in total. The molecule has 0 atom stereocenters. The summed E-state index contributed by atoms with van der Waals surface area (Å²) in [6.07, 6.45) is 1.07. The number of benzene rings is 1. The van der Waals surface area contributed by atoms with E-state index in [0.29, 0.717) is 5.69 Å². The smallest absolute Gasteiger partial charge is 0.322 e. The number of hydrogen-bond acceptors (Lipinski definition) is 5. The van der Waals surface area contributed by atoms with Gasteiger partial charge in [-0.05, 0) is 12.1 Å². The Balaban J connectivity index is 2.69. The van der Waals surface area contributed by atoms with Gasteiger partial charge >= 0.3 is 5.97 Å². The van der Waals surface area contributed by atoms with E-state index in [4.69, 9.17) is 5.11 Å². The van der Waals surface area contributed by atoms with Crippen LogP contribution in [0.1, 0.15) is 0 Å². The maximum Gasteiger partial charge on any atom is 0.322 e. The van der Waals surface area contributed by atoms with E-state index in [0.717, 1.165) is 6.26 Å². The van der Waals surface area contributed by atoms with Gasteiger partial charge in [0, 0.05) is 6.26 Å². The molecule has 0 heterocycles. The summed E-state index contributed by atoms with van der Waals surface area (Å²) in [5.74, 6) is -1.68. The van der Waals surface area contributed by atoms with Crippen molar-refractivity contribution in [2.24, 2.45) is 0 Å².